The van der Waals surface area contributed by atoms with Crippen LogP contribution in [0.4, 0.5) is 0 Å². The molecule has 1 aromatic carbocycles. The Kier molecular flexibility index (Phi) is 5.15. The van der Waals surface area contributed by atoms with Crippen LogP contribution < -0.4 is 11.1 Å². The van der Waals surface area contributed by atoms with Crippen LogP contribution in [0.5, 0.6) is 0 Å². The van der Waals surface area contributed by atoms with E-state index < -0.39 is 0 Å². The SMILES string of the molecule is COCCC1(CNC(=O)c2ccccc2CCN)CC1. The first-order chi connectivity index (χ1) is 9.71. The van der Waals surface area contributed by atoms with E-state index in [-0.39, 0.29) is 11.3 Å². The van der Waals surface area contributed by atoms with Gasteiger partial charge in [0.1, 0.15) is 0 Å². The number of methoxy groups -OCH3 is 1. The van der Waals surface area contributed by atoms with E-state index in [1.165, 1.54) is 12.8 Å². The monoisotopic (exact) mass is 276 g/mol. The van der Waals surface area contributed by atoms with Crippen molar-refractivity contribution in [1.29, 1.82) is 0 Å². The standard InChI is InChI=1S/C16H24N2O2/c1-20-11-9-16(7-8-16)12-18-15(19)14-5-3-2-4-13(14)6-10-17/h2-5H,6-12,17H2,1H3,(H,18,19). The molecule has 2 rings (SSSR count). The largest absolute Gasteiger partial charge is 0.385 e. The molecule has 1 fully saturated rings. The van der Waals surface area contributed by atoms with Gasteiger partial charge >= 0.3 is 0 Å². The Bertz CT molecular complexity index is 456. The molecule has 4 heteroatoms. The van der Waals surface area contributed by atoms with E-state index in [0.29, 0.717) is 6.54 Å². The summed E-state index contributed by atoms with van der Waals surface area (Å²) in [6.45, 7) is 2.06. The molecule has 1 amide bonds. The maximum Gasteiger partial charge on any atom is 0.251 e. The van der Waals surface area contributed by atoms with Crippen molar-refractivity contribution in [1.82, 2.24) is 5.32 Å². The molecule has 0 heterocycles. The van der Waals surface area contributed by atoms with Crippen molar-refractivity contribution >= 4 is 5.91 Å². The summed E-state index contributed by atoms with van der Waals surface area (Å²) in [4.78, 5) is 12.3. The molecule has 1 aliphatic rings. The number of hydrogen-bond donors (Lipinski definition) is 2. The molecule has 1 saturated carbocycles. The molecule has 1 aliphatic carbocycles. The smallest absolute Gasteiger partial charge is 0.251 e. The molecule has 3 N–H and O–H groups in total. The van der Waals surface area contributed by atoms with Crippen molar-refractivity contribution in [3.63, 3.8) is 0 Å². The van der Waals surface area contributed by atoms with E-state index in [9.17, 15) is 4.79 Å². The van der Waals surface area contributed by atoms with Crippen LogP contribution in [0.1, 0.15) is 35.2 Å². The zero-order valence-electron chi connectivity index (χ0n) is 12.2. The summed E-state index contributed by atoms with van der Waals surface area (Å²) in [5, 5.41) is 3.07. The van der Waals surface area contributed by atoms with Crippen LogP contribution in [0.2, 0.25) is 0 Å². The predicted molar refractivity (Wildman–Crippen MR) is 79.7 cm³/mol. The first kappa shape index (κ1) is 15.0. The average molecular weight is 276 g/mol. The predicted octanol–water partition coefficient (Wildman–Crippen LogP) is 1.73. The molecule has 0 radical (unpaired) electrons. The fraction of sp³-hybridized carbons (Fsp3) is 0.562. The zero-order valence-corrected chi connectivity index (χ0v) is 12.2. The Balaban J connectivity index is 1.92. The lowest BCUT2D eigenvalue weighted by Gasteiger charge is -2.16. The Hall–Kier alpha value is -1.39. The third-order valence-corrected chi connectivity index (χ3v) is 4.09. The fourth-order valence-electron chi connectivity index (χ4n) is 2.49. The summed E-state index contributed by atoms with van der Waals surface area (Å²) in [5.74, 6) is 0.0118. The lowest BCUT2D eigenvalue weighted by atomic mass is 10.0. The quantitative estimate of drug-likeness (QED) is 0.760. The molecule has 0 aromatic heterocycles. The second-order valence-electron chi connectivity index (χ2n) is 5.62. The van der Waals surface area contributed by atoms with Gasteiger partial charge in [0.05, 0.1) is 0 Å². The molecule has 0 atom stereocenters. The molecule has 0 spiro atoms. The molecule has 20 heavy (non-hydrogen) atoms. The number of carbonyl (C=O) groups excluding carboxylic acids is 1. The maximum absolute atomic E-state index is 12.3. The first-order valence-corrected chi connectivity index (χ1v) is 7.26. The van der Waals surface area contributed by atoms with Crippen LogP contribution in [-0.4, -0.2) is 32.7 Å². The van der Waals surface area contributed by atoms with Crippen LogP contribution in [0.15, 0.2) is 24.3 Å². The molecule has 0 unspecified atom stereocenters. The third-order valence-electron chi connectivity index (χ3n) is 4.09. The normalized spacial score (nSPS) is 15.9. The van der Waals surface area contributed by atoms with Gasteiger partial charge in [0, 0.05) is 25.8 Å². The maximum atomic E-state index is 12.3. The minimum absolute atomic E-state index is 0.0118. The van der Waals surface area contributed by atoms with Gasteiger partial charge in [0.2, 0.25) is 0 Å². The van der Waals surface area contributed by atoms with Gasteiger partial charge in [0.25, 0.3) is 5.91 Å². The molecule has 0 saturated heterocycles. The van der Waals surface area contributed by atoms with E-state index in [1.54, 1.807) is 7.11 Å². The second kappa shape index (κ2) is 6.86. The number of nitrogens with one attached hydrogen (secondary N) is 1. The summed E-state index contributed by atoms with van der Waals surface area (Å²) in [6, 6.07) is 7.68. The number of benzene rings is 1. The van der Waals surface area contributed by atoms with Crippen LogP contribution in [-0.2, 0) is 11.2 Å². The highest BCUT2D eigenvalue weighted by Crippen LogP contribution is 2.48. The third kappa shape index (κ3) is 3.81. The highest BCUT2D eigenvalue weighted by atomic mass is 16.5. The number of rotatable bonds is 8. The Labute approximate surface area is 120 Å². The Morgan fingerprint density at radius 2 is 2.15 bits per heavy atom. The van der Waals surface area contributed by atoms with Crippen molar-refractivity contribution in [2.75, 3.05) is 26.8 Å². The summed E-state index contributed by atoms with van der Waals surface area (Å²) in [7, 11) is 1.72. The number of hydrogen-bond acceptors (Lipinski definition) is 3. The van der Waals surface area contributed by atoms with E-state index in [0.717, 1.165) is 37.1 Å². The average Bonchev–Trinajstić information content (AvgIpc) is 3.24. The molecular formula is C16H24N2O2. The Morgan fingerprint density at radius 1 is 1.40 bits per heavy atom. The number of carbonyl (C=O) groups is 1. The van der Waals surface area contributed by atoms with Crippen LogP contribution in [0.3, 0.4) is 0 Å². The number of ether oxygens (including phenoxy) is 1. The van der Waals surface area contributed by atoms with Crippen molar-refractivity contribution in [2.24, 2.45) is 11.1 Å². The number of nitrogens with two attached hydrogens (primary N) is 1. The lowest BCUT2D eigenvalue weighted by molar-refractivity contribution is 0.0937. The summed E-state index contributed by atoms with van der Waals surface area (Å²) >= 11 is 0. The Morgan fingerprint density at radius 3 is 2.80 bits per heavy atom. The van der Waals surface area contributed by atoms with Gasteiger partial charge < -0.3 is 15.8 Å². The van der Waals surface area contributed by atoms with Gasteiger partial charge in [0.15, 0.2) is 0 Å². The van der Waals surface area contributed by atoms with Crippen LogP contribution >= 0.6 is 0 Å². The van der Waals surface area contributed by atoms with Gasteiger partial charge in [-0.15, -0.1) is 0 Å². The molecular weight excluding hydrogens is 252 g/mol. The van der Waals surface area contributed by atoms with Gasteiger partial charge in [-0.1, -0.05) is 18.2 Å². The van der Waals surface area contributed by atoms with E-state index in [4.69, 9.17) is 10.5 Å². The highest BCUT2D eigenvalue weighted by Gasteiger charge is 2.42. The minimum Gasteiger partial charge on any atom is -0.385 e. The summed E-state index contributed by atoms with van der Waals surface area (Å²) in [5.41, 5.74) is 7.64. The summed E-state index contributed by atoms with van der Waals surface area (Å²) < 4.78 is 5.13. The lowest BCUT2D eigenvalue weighted by Crippen LogP contribution is -2.31. The molecule has 4 nitrogen and oxygen atoms in total. The minimum atomic E-state index is 0.0118. The van der Waals surface area contributed by atoms with Crippen molar-refractivity contribution < 1.29 is 9.53 Å². The van der Waals surface area contributed by atoms with Crippen LogP contribution in [0, 0.1) is 5.41 Å². The first-order valence-electron chi connectivity index (χ1n) is 7.26. The number of amides is 1. The molecule has 1 aromatic rings. The topological polar surface area (TPSA) is 64.3 Å². The molecule has 0 bridgehead atoms. The van der Waals surface area contributed by atoms with Crippen molar-refractivity contribution in [2.45, 2.75) is 25.7 Å². The molecule has 110 valence electrons. The van der Waals surface area contributed by atoms with E-state index in [1.807, 2.05) is 24.3 Å². The second-order valence-corrected chi connectivity index (χ2v) is 5.62. The van der Waals surface area contributed by atoms with E-state index in [2.05, 4.69) is 5.32 Å². The van der Waals surface area contributed by atoms with Crippen molar-refractivity contribution in [3.8, 4) is 0 Å². The zero-order chi connectivity index (χ0) is 14.4. The van der Waals surface area contributed by atoms with Gasteiger partial charge in [-0.3, -0.25) is 4.79 Å². The van der Waals surface area contributed by atoms with Crippen LogP contribution in [0.25, 0.3) is 0 Å². The highest BCUT2D eigenvalue weighted by molar-refractivity contribution is 5.95. The fourth-order valence-corrected chi connectivity index (χ4v) is 2.49. The van der Waals surface area contributed by atoms with E-state index >= 15 is 0 Å². The van der Waals surface area contributed by atoms with Crippen molar-refractivity contribution in [3.05, 3.63) is 35.4 Å². The van der Waals surface area contributed by atoms with Gasteiger partial charge in [-0.25, -0.2) is 0 Å². The summed E-state index contributed by atoms with van der Waals surface area (Å²) in [6.07, 6.45) is 4.12. The van der Waals surface area contributed by atoms with Gasteiger partial charge in [-0.2, -0.15) is 0 Å². The molecule has 0 aliphatic heterocycles. The van der Waals surface area contributed by atoms with Gasteiger partial charge in [-0.05, 0) is 49.3 Å².